The molecule has 0 aromatic heterocycles. The summed E-state index contributed by atoms with van der Waals surface area (Å²) in [6.45, 7) is 0.202. The van der Waals surface area contributed by atoms with Crippen LogP contribution in [0.15, 0.2) is 24.3 Å². The second-order valence-electron chi connectivity index (χ2n) is 6.94. The van der Waals surface area contributed by atoms with Crippen molar-refractivity contribution in [1.82, 2.24) is 5.32 Å². The van der Waals surface area contributed by atoms with Crippen molar-refractivity contribution >= 4 is 23.5 Å². The number of rotatable bonds is 6. The number of aliphatic carboxylic acids is 1. The minimum Gasteiger partial charge on any atom is -0.481 e. The quantitative estimate of drug-likeness (QED) is 0.838. The first-order valence-electron chi connectivity index (χ1n) is 8.24. The number of carboxylic acid groups (broad SMARTS) is 1. The highest BCUT2D eigenvalue weighted by molar-refractivity contribution is 6.30. The zero-order valence-electron chi connectivity index (χ0n) is 13.1. The second kappa shape index (κ2) is 6.52. The van der Waals surface area contributed by atoms with Crippen LogP contribution >= 0.6 is 11.6 Å². The van der Waals surface area contributed by atoms with E-state index in [1.54, 1.807) is 0 Å². The van der Waals surface area contributed by atoms with Gasteiger partial charge < -0.3 is 10.4 Å². The van der Waals surface area contributed by atoms with Gasteiger partial charge in [0.15, 0.2) is 0 Å². The lowest BCUT2D eigenvalue weighted by Gasteiger charge is -2.36. The largest absolute Gasteiger partial charge is 0.481 e. The van der Waals surface area contributed by atoms with Crippen LogP contribution in [-0.4, -0.2) is 23.5 Å². The van der Waals surface area contributed by atoms with Crippen molar-refractivity contribution in [3.63, 3.8) is 0 Å². The van der Waals surface area contributed by atoms with E-state index in [1.807, 2.05) is 24.3 Å². The van der Waals surface area contributed by atoms with Crippen molar-refractivity contribution in [3.05, 3.63) is 34.9 Å². The summed E-state index contributed by atoms with van der Waals surface area (Å²) in [6, 6.07) is 7.70. The molecule has 3 atom stereocenters. The van der Waals surface area contributed by atoms with Crippen molar-refractivity contribution < 1.29 is 14.7 Å². The van der Waals surface area contributed by atoms with Gasteiger partial charge in [-0.15, -0.1) is 0 Å². The number of carbonyl (C=O) groups excluding carboxylic acids is 1. The number of carbonyl (C=O) groups is 2. The molecular weight excluding hydrogens is 314 g/mol. The molecule has 2 aliphatic rings. The molecule has 0 radical (unpaired) electrons. The fraction of sp³-hybridized carbons (Fsp3) is 0.556. The zero-order valence-corrected chi connectivity index (χ0v) is 13.8. The average molecular weight is 336 g/mol. The Kier molecular flexibility index (Phi) is 4.62. The standard InChI is InChI=1S/C18H22ClNO3/c19-15-5-2-12(3-6-15)10-18(11-13-1-4-14(18)9-13)17(23)20-8-7-16(21)22/h2-3,5-6,13-14H,1,4,7-11H2,(H,20,23)(H,21,22). The molecule has 23 heavy (non-hydrogen) atoms. The van der Waals surface area contributed by atoms with E-state index in [1.165, 1.54) is 6.42 Å². The molecule has 5 heteroatoms. The van der Waals surface area contributed by atoms with Crippen LogP contribution < -0.4 is 5.32 Å². The van der Waals surface area contributed by atoms with Gasteiger partial charge in [-0.2, -0.15) is 0 Å². The first-order chi connectivity index (χ1) is 11.0. The normalized spacial score (nSPS) is 28.7. The van der Waals surface area contributed by atoms with E-state index >= 15 is 0 Å². The summed E-state index contributed by atoms with van der Waals surface area (Å²) >= 11 is 5.95. The molecule has 2 aliphatic carbocycles. The van der Waals surface area contributed by atoms with Crippen LogP contribution in [-0.2, 0) is 16.0 Å². The molecule has 1 amide bonds. The van der Waals surface area contributed by atoms with Crippen LogP contribution in [0.5, 0.6) is 0 Å². The summed E-state index contributed by atoms with van der Waals surface area (Å²) in [5, 5.41) is 12.3. The van der Waals surface area contributed by atoms with Gasteiger partial charge in [-0.05, 0) is 55.2 Å². The van der Waals surface area contributed by atoms with Gasteiger partial charge in [0, 0.05) is 11.6 Å². The minimum absolute atomic E-state index is 0.0286. The van der Waals surface area contributed by atoms with E-state index in [4.69, 9.17) is 16.7 Å². The molecule has 3 rings (SSSR count). The van der Waals surface area contributed by atoms with Crippen LogP contribution in [0.1, 0.15) is 37.7 Å². The molecule has 2 fully saturated rings. The maximum absolute atomic E-state index is 12.9. The number of amides is 1. The summed E-state index contributed by atoms with van der Waals surface area (Å²) in [4.78, 5) is 23.5. The van der Waals surface area contributed by atoms with Crippen molar-refractivity contribution in [1.29, 1.82) is 0 Å². The summed E-state index contributed by atoms with van der Waals surface area (Å²) < 4.78 is 0. The van der Waals surface area contributed by atoms with E-state index in [0.717, 1.165) is 24.8 Å². The number of hydrogen-bond acceptors (Lipinski definition) is 2. The second-order valence-corrected chi connectivity index (χ2v) is 7.38. The van der Waals surface area contributed by atoms with Crippen molar-refractivity contribution in [2.75, 3.05) is 6.54 Å². The van der Waals surface area contributed by atoms with Gasteiger partial charge in [-0.25, -0.2) is 0 Å². The Morgan fingerprint density at radius 2 is 2.00 bits per heavy atom. The topological polar surface area (TPSA) is 66.4 Å². The van der Waals surface area contributed by atoms with E-state index in [-0.39, 0.29) is 24.3 Å². The summed E-state index contributed by atoms with van der Waals surface area (Å²) in [6.07, 6.45) is 5.04. The number of fused-ring (bicyclic) bond motifs is 2. The smallest absolute Gasteiger partial charge is 0.305 e. The molecule has 124 valence electrons. The third kappa shape index (κ3) is 3.37. The highest BCUT2D eigenvalue weighted by Crippen LogP contribution is 2.57. The maximum Gasteiger partial charge on any atom is 0.305 e. The number of nitrogens with one attached hydrogen (secondary N) is 1. The molecule has 3 unspecified atom stereocenters. The number of carboxylic acids is 1. The van der Waals surface area contributed by atoms with Crippen LogP contribution in [0.25, 0.3) is 0 Å². The van der Waals surface area contributed by atoms with Gasteiger partial charge >= 0.3 is 5.97 Å². The molecular formula is C18H22ClNO3. The van der Waals surface area contributed by atoms with Crippen LogP contribution in [0.4, 0.5) is 0 Å². The lowest BCUT2D eigenvalue weighted by Crippen LogP contribution is -2.46. The predicted octanol–water partition coefficient (Wildman–Crippen LogP) is 3.28. The van der Waals surface area contributed by atoms with Crippen LogP contribution in [0.3, 0.4) is 0 Å². The molecule has 0 heterocycles. The number of benzene rings is 1. The maximum atomic E-state index is 12.9. The molecule has 1 aromatic carbocycles. The van der Waals surface area contributed by atoms with Crippen LogP contribution in [0.2, 0.25) is 5.02 Å². The Balaban J connectivity index is 1.76. The van der Waals surface area contributed by atoms with Crippen LogP contribution in [0, 0.1) is 17.3 Å². The SMILES string of the molecule is O=C(O)CCNC(=O)C1(Cc2ccc(Cl)cc2)CC2CCC1C2. The fourth-order valence-corrected chi connectivity index (χ4v) is 4.57. The third-order valence-corrected chi connectivity index (χ3v) is 5.74. The van der Waals surface area contributed by atoms with Gasteiger partial charge in [0.25, 0.3) is 0 Å². The molecule has 4 nitrogen and oxygen atoms in total. The van der Waals surface area contributed by atoms with E-state index in [9.17, 15) is 9.59 Å². The lowest BCUT2D eigenvalue weighted by molar-refractivity contribution is -0.137. The van der Waals surface area contributed by atoms with Gasteiger partial charge in [-0.3, -0.25) is 9.59 Å². The average Bonchev–Trinajstić information content (AvgIpc) is 3.10. The molecule has 0 spiro atoms. The molecule has 2 N–H and O–H groups in total. The third-order valence-electron chi connectivity index (χ3n) is 5.49. The number of halogens is 1. The first-order valence-corrected chi connectivity index (χ1v) is 8.62. The number of hydrogen-bond donors (Lipinski definition) is 2. The Labute approximate surface area is 141 Å². The molecule has 1 aromatic rings. The van der Waals surface area contributed by atoms with Gasteiger partial charge in [-0.1, -0.05) is 30.2 Å². The lowest BCUT2D eigenvalue weighted by atomic mass is 9.68. The van der Waals surface area contributed by atoms with Gasteiger partial charge in [0.1, 0.15) is 0 Å². The Hall–Kier alpha value is -1.55. The molecule has 2 bridgehead atoms. The Morgan fingerprint density at radius 1 is 1.26 bits per heavy atom. The van der Waals surface area contributed by atoms with Crippen molar-refractivity contribution in [2.45, 2.75) is 38.5 Å². The first kappa shape index (κ1) is 16.3. The highest BCUT2D eigenvalue weighted by atomic mass is 35.5. The van der Waals surface area contributed by atoms with E-state index in [2.05, 4.69) is 5.32 Å². The van der Waals surface area contributed by atoms with E-state index in [0.29, 0.717) is 23.3 Å². The van der Waals surface area contributed by atoms with Crippen molar-refractivity contribution in [2.24, 2.45) is 17.3 Å². The van der Waals surface area contributed by atoms with Crippen molar-refractivity contribution in [3.8, 4) is 0 Å². The summed E-state index contributed by atoms with van der Waals surface area (Å²) in [5.74, 6) is 0.191. The highest BCUT2D eigenvalue weighted by Gasteiger charge is 2.55. The summed E-state index contributed by atoms with van der Waals surface area (Å²) in [7, 11) is 0. The monoisotopic (exact) mass is 335 g/mol. The zero-order chi connectivity index (χ0) is 16.4. The van der Waals surface area contributed by atoms with Gasteiger partial charge in [0.05, 0.1) is 11.8 Å². The summed E-state index contributed by atoms with van der Waals surface area (Å²) in [5.41, 5.74) is 0.741. The Morgan fingerprint density at radius 3 is 2.57 bits per heavy atom. The fourth-order valence-electron chi connectivity index (χ4n) is 4.44. The Bertz CT molecular complexity index is 601. The molecule has 0 aliphatic heterocycles. The minimum atomic E-state index is -0.884. The molecule has 0 saturated heterocycles. The predicted molar refractivity (Wildman–Crippen MR) is 88.3 cm³/mol. The van der Waals surface area contributed by atoms with E-state index < -0.39 is 5.97 Å². The molecule has 2 saturated carbocycles. The van der Waals surface area contributed by atoms with Gasteiger partial charge in [0.2, 0.25) is 5.91 Å².